The molecule has 1 N–H and O–H groups in total. The quantitative estimate of drug-likeness (QED) is 0.839. The fourth-order valence-electron chi connectivity index (χ4n) is 1.69. The molecule has 0 bridgehead atoms. The molecule has 16 heavy (non-hydrogen) atoms. The van der Waals surface area contributed by atoms with Crippen molar-refractivity contribution >= 4 is 16.9 Å². The summed E-state index contributed by atoms with van der Waals surface area (Å²) in [6, 6.07) is 1.76. The van der Waals surface area contributed by atoms with Gasteiger partial charge in [0.25, 0.3) is 0 Å². The van der Waals surface area contributed by atoms with Crippen LogP contribution in [0, 0.1) is 6.92 Å². The van der Waals surface area contributed by atoms with E-state index in [0.717, 1.165) is 16.6 Å². The number of carboxylic acid groups (broad SMARTS) is 1. The average molecular weight is 219 g/mol. The number of nitrogens with zero attached hydrogens (tertiary/aromatic N) is 3. The Bertz CT molecular complexity index is 558. The molecule has 0 fully saturated rings. The zero-order valence-corrected chi connectivity index (χ0v) is 9.43. The van der Waals surface area contributed by atoms with Gasteiger partial charge in [-0.25, -0.2) is 9.78 Å². The van der Waals surface area contributed by atoms with Crippen molar-refractivity contribution < 1.29 is 9.90 Å². The van der Waals surface area contributed by atoms with Crippen LogP contribution >= 0.6 is 0 Å². The fourth-order valence-corrected chi connectivity index (χ4v) is 1.69. The van der Waals surface area contributed by atoms with Crippen molar-refractivity contribution in [2.45, 2.75) is 26.8 Å². The van der Waals surface area contributed by atoms with Gasteiger partial charge in [-0.2, -0.15) is 5.10 Å². The van der Waals surface area contributed by atoms with E-state index in [-0.39, 0.29) is 11.7 Å². The predicted molar refractivity (Wildman–Crippen MR) is 59.6 cm³/mol. The number of aromatic nitrogens is 3. The normalized spacial score (nSPS) is 11.2. The van der Waals surface area contributed by atoms with E-state index in [4.69, 9.17) is 5.11 Å². The average Bonchev–Trinajstić information content (AvgIpc) is 2.56. The number of carbonyl (C=O) groups is 1. The SMILES string of the molecule is Cc1nn(C(C)C)c2cc(C(=O)O)ncc12. The summed E-state index contributed by atoms with van der Waals surface area (Å²) in [5.41, 5.74) is 1.74. The highest BCUT2D eigenvalue weighted by molar-refractivity contribution is 5.91. The largest absolute Gasteiger partial charge is 0.477 e. The molecule has 2 aromatic heterocycles. The Morgan fingerprint density at radius 2 is 2.19 bits per heavy atom. The van der Waals surface area contributed by atoms with E-state index in [1.54, 1.807) is 12.3 Å². The molecule has 0 radical (unpaired) electrons. The van der Waals surface area contributed by atoms with Crippen LogP contribution in [0.1, 0.15) is 36.1 Å². The number of carboxylic acids is 1. The van der Waals surface area contributed by atoms with E-state index in [1.165, 1.54) is 0 Å². The molecule has 2 aromatic rings. The Kier molecular flexibility index (Phi) is 2.38. The van der Waals surface area contributed by atoms with E-state index < -0.39 is 5.97 Å². The molecule has 0 aliphatic rings. The second-order valence-corrected chi connectivity index (χ2v) is 4.02. The summed E-state index contributed by atoms with van der Waals surface area (Å²) in [6.07, 6.45) is 1.57. The predicted octanol–water partition coefficient (Wildman–Crippen LogP) is 2.02. The van der Waals surface area contributed by atoms with Crippen molar-refractivity contribution in [3.8, 4) is 0 Å². The van der Waals surface area contributed by atoms with Crippen LogP contribution < -0.4 is 0 Å². The molecule has 0 unspecified atom stereocenters. The minimum absolute atomic E-state index is 0.0503. The van der Waals surface area contributed by atoms with Crippen molar-refractivity contribution in [1.29, 1.82) is 0 Å². The second kappa shape index (κ2) is 3.59. The highest BCUT2D eigenvalue weighted by atomic mass is 16.4. The van der Waals surface area contributed by atoms with E-state index in [9.17, 15) is 4.79 Å². The van der Waals surface area contributed by atoms with Gasteiger partial charge in [0.2, 0.25) is 0 Å². The van der Waals surface area contributed by atoms with Gasteiger partial charge in [0, 0.05) is 17.6 Å². The first-order valence-electron chi connectivity index (χ1n) is 5.09. The minimum Gasteiger partial charge on any atom is -0.477 e. The molecule has 0 aromatic carbocycles. The molecule has 84 valence electrons. The Morgan fingerprint density at radius 3 is 2.75 bits per heavy atom. The molecule has 0 spiro atoms. The van der Waals surface area contributed by atoms with Crippen LogP contribution in [0.5, 0.6) is 0 Å². The highest BCUT2D eigenvalue weighted by Gasteiger charge is 2.13. The smallest absolute Gasteiger partial charge is 0.354 e. The number of fused-ring (bicyclic) bond motifs is 1. The molecule has 0 amide bonds. The standard InChI is InChI=1S/C11H13N3O2/c1-6(2)14-10-4-9(11(15)16)12-5-8(10)7(3)13-14/h4-6H,1-3H3,(H,15,16). The summed E-state index contributed by atoms with van der Waals surface area (Å²) in [5, 5.41) is 14.2. The molecule has 5 heteroatoms. The Morgan fingerprint density at radius 1 is 1.50 bits per heavy atom. The summed E-state index contributed by atoms with van der Waals surface area (Å²) in [7, 11) is 0. The van der Waals surface area contributed by atoms with Gasteiger partial charge < -0.3 is 5.11 Å². The van der Waals surface area contributed by atoms with Gasteiger partial charge in [-0.05, 0) is 26.8 Å². The van der Waals surface area contributed by atoms with Crippen molar-refractivity contribution in [1.82, 2.24) is 14.8 Å². The van der Waals surface area contributed by atoms with Gasteiger partial charge in [0.15, 0.2) is 0 Å². The van der Waals surface area contributed by atoms with E-state index >= 15 is 0 Å². The first-order chi connectivity index (χ1) is 7.50. The molecule has 2 heterocycles. The number of rotatable bonds is 2. The van der Waals surface area contributed by atoms with Gasteiger partial charge in [-0.15, -0.1) is 0 Å². The monoisotopic (exact) mass is 219 g/mol. The molecular formula is C11H13N3O2. The van der Waals surface area contributed by atoms with Gasteiger partial charge in [-0.1, -0.05) is 0 Å². The van der Waals surface area contributed by atoms with Crippen molar-refractivity contribution in [3.63, 3.8) is 0 Å². The molecule has 0 aliphatic heterocycles. The van der Waals surface area contributed by atoms with Crippen LogP contribution in [0.3, 0.4) is 0 Å². The van der Waals surface area contributed by atoms with E-state index in [2.05, 4.69) is 10.1 Å². The lowest BCUT2D eigenvalue weighted by Gasteiger charge is -2.06. The molecule has 0 saturated heterocycles. The Balaban J connectivity index is 2.74. The molecular weight excluding hydrogens is 206 g/mol. The van der Waals surface area contributed by atoms with Crippen molar-refractivity contribution in [2.24, 2.45) is 0 Å². The zero-order chi connectivity index (χ0) is 11.9. The third kappa shape index (κ3) is 1.54. The van der Waals surface area contributed by atoms with E-state index in [0.29, 0.717) is 0 Å². The van der Waals surface area contributed by atoms with Gasteiger partial charge in [0.05, 0.1) is 11.2 Å². The number of aryl methyl sites for hydroxylation is 1. The minimum atomic E-state index is -1.02. The van der Waals surface area contributed by atoms with E-state index in [1.807, 2.05) is 25.5 Å². The number of aromatic carboxylic acids is 1. The van der Waals surface area contributed by atoms with Gasteiger partial charge in [0.1, 0.15) is 5.69 Å². The molecule has 0 atom stereocenters. The van der Waals surface area contributed by atoms with Crippen LogP contribution in [0.15, 0.2) is 12.3 Å². The molecule has 0 aliphatic carbocycles. The number of pyridine rings is 1. The topological polar surface area (TPSA) is 68.0 Å². The van der Waals surface area contributed by atoms with Crippen LogP contribution in [-0.2, 0) is 0 Å². The lowest BCUT2D eigenvalue weighted by Crippen LogP contribution is -2.04. The number of hydrogen-bond acceptors (Lipinski definition) is 3. The van der Waals surface area contributed by atoms with Crippen LogP contribution in [0.2, 0.25) is 0 Å². The maximum atomic E-state index is 10.8. The summed E-state index contributed by atoms with van der Waals surface area (Å²) in [5.74, 6) is -1.02. The first-order valence-corrected chi connectivity index (χ1v) is 5.09. The third-order valence-corrected chi connectivity index (χ3v) is 2.48. The third-order valence-electron chi connectivity index (χ3n) is 2.48. The van der Waals surface area contributed by atoms with Crippen molar-refractivity contribution in [2.75, 3.05) is 0 Å². The highest BCUT2D eigenvalue weighted by Crippen LogP contribution is 2.21. The Hall–Kier alpha value is -1.91. The van der Waals surface area contributed by atoms with Gasteiger partial charge in [-0.3, -0.25) is 4.68 Å². The van der Waals surface area contributed by atoms with Crippen LogP contribution in [-0.4, -0.2) is 25.8 Å². The lowest BCUT2D eigenvalue weighted by molar-refractivity contribution is 0.0690. The summed E-state index contributed by atoms with van der Waals surface area (Å²) in [6.45, 7) is 5.91. The second-order valence-electron chi connectivity index (χ2n) is 4.02. The zero-order valence-electron chi connectivity index (χ0n) is 9.43. The summed E-state index contributed by atoms with van der Waals surface area (Å²) < 4.78 is 1.82. The maximum absolute atomic E-state index is 10.8. The summed E-state index contributed by atoms with van der Waals surface area (Å²) >= 11 is 0. The van der Waals surface area contributed by atoms with Crippen molar-refractivity contribution in [3.05, 3.63) is 23.7 Å². The molecule has 0 saturated carbocycles. The van der Waals surface area contributed by atoms with Crippen LogP contribution in [0.4, 0.5) is 0 Å². The van der Waals surface area contributed by atoms with Crippen LogP contribution in [0.25, 0.3) is 10.9 Å². The Labute approximate surface area is 92.7 Å². The number of hydrogen-bond donors (Lipinski definition) is 1. The summed E-state index contributed by atoms with van der Waals surface area (Å²) in [4.78, 5) is 14.7. The first kappa shape index (κ1) is 10.6. The maximum Gasteiger partial charge on any atom is 0.354 e. The lowest BCUT2D eigenvalue weighted by atomic mass is 10.2. The fraction of sp³-hybridized carbons (Fsp3) is 0.364. The molecule has 5 nitrogen and oxygen atoms in total. The molecule has 2 rings (SSSR count). The van der Waals surface area contributed by atoms with Gasteiger partial charge >= 0.3 is 5.97 Å².